The van der Waals surface area contributed by atoms with Crippen LogP contribution in [0.3, 0.4) is 0 Å². The Kier molecular flexibility index (Phi) is 26.6. The van der Waals surface area contributed by atoms with Gasteiger partial charge in [0.2, 0.25) is 0 Å². The van der Waals surface area contributed by atoms with E-state index in [9.17, 15) is 0 Å². The molecule has 0 saturated heterocycles. The maximum atomic E-state index is 15.4. The van der Waals surface area contributed by atoms with Gasteiger partial charge in [0, 0.05) is 110 Å². The van der Waals surface area contributed by atoms with Crippen molar-refractivity contribution in [3.05, 3.63) is 180 Å². The summed E-state index contributed by atoms with van der Waals surface area (Å²) < 4.78 is 49.9. The molecule has 0 fully saturated rings. The van der Waals surface area contributed by atoms with Crippen molar-refractivity contribution in [2.45, 2.75) is 171 Å². The lowest BCUT2D eigenvalue weighted by atomic mass is 9.91. The van der Waals surface area contributed by atoms with E-state index in [1.165, 1.54) is 155 Å². The van der Waals surface area contributed by atoms with Crippen molar-refractivity contribution in [1.82, 2.24) is 17.5 Å². The summed E-state index contributed by atoms with van der Waals surface area (Å²) in [4.78, 5) is 14.0. The highest BCUT2D eigenvalue weighted by molar-refractivity contribution is 7.20. The van der Waals surface area contributed by atoms with E-state index in [1.807, 2.05) is 46.9 Å². The van der Waals surface area contributed by atoms with Gasteiger partial charge in [0.1, 0.15) is 33.7 Å². The van der Waals surface area contributed by atoms with Gasteiger partial charge < -0.3 is 9.80 Å². The predicted octanol–water partition coefficient (Wildman–Crippen LogP) is 27.6. The molecule has 98 heavy (non-hydrogen) atoms. The molecular formula is C84H96F2N6S6. The zero-order valence-electron chi connectivity index (χ0n) is 58.6. The van der Waals surface area contributed by atoms with Crippen LogP contribution in [-0.4, -0.2) is 43.7 Å². The number of benzene rings is 6. The van der Waals surface area contributed by atoms with Crippen LogP contribution in [0.5, 0.6) is 0 Å². The summed E-state index contributed by atoms with van der Waals surface area (Å²) in [7, 11) is 0. The molecular weight excluding hydrogens is 1320 g/mol. The Bertz CT molecular complexity index is 4140. The summed E-state index contributed by atoms with van der Waals surface area (Å²) >= 11 is 9.33. The van der Waals surface area contributed by atoms with Crippen LogP contribution in [0.15, 0.2) is 158 Å². The second-order valence-corrected chi connectivity index (χ2v) is 31.6. The molecule has 0 amide bonds. The third kappa shape index (κ3) is 17.9. The Morgan fingerprint density at radius 3 is 0.878 bits per heavy atom. The van der Waals surface area contributed by atoms with Crippen molar-refractivity contribution in [3.8, 4) is 83.5 Å². The fourth-order valence-corrected chi connectivity index (χ4v) is 18.5. The van der Waals surface area contributed by atoms with Crippen molar-refractivity contribution >= 4 is 102 Å². The predicted molar refractivity (Wildman–Crippen MR) is 428 cm³/mol. The van der Waals surface area contributed by atoms with Crippen molar-refractivity contribution in [3.63, 3.8) is 0 Å². The molecule has 0 bridgehead atoms. The van der Waals surface area contributed by atoms with Crippen LogP contribution < -0.4 is 9.80 Å². The molecule has 2 unspecified atom stereocenters. The van der Waals surface area contributed by atoms with E-state index in [1.54, 1.807) is 34.8 Å². The number of fused-ring (bicyclic) bond motifs is 2. The molecule has 0 saturated carbocycles. The normalized spacial score (nSPS) is 12.2. The van der Waals surface area contributed by atoms with Gasteiger partial charge in [0.05, 0.1) is 23.5 Å². The standard InChI is InChI=1S/C42H46F2N2S3.C42H50N4S3/c1-5-9-11-27(7-3)23-29-13-15-31(35(43)25-29)37-19-21-39(47-37)33-17-18-34(42-41(33)45-49-46-42)40-22-20-38(48-40)32-16-14-30(26-36(32)44)24-28(8-4)12-10-6-2;1-5-9-27-45(28-10-6-2)33-17-13-31(14-18-33)37-23-25-39(47-37)35-21-22-36(42-41(35)43-49-44-42)40-26-24-38(48-40)32-15-19-34(20-16-32)46(29-11-7-3)30-12-8-4/h13-22,25-28H,5-12,23-24H2,1-4H3;13-26H,5-12,27-30H2,1-4H3. The van der Waals surface area contributed by atoms with Gasteiger partial charge in [-0.3, -0.25) is 0 Å². The largest absolute Gasteiger partial charge is 0.372 e. The monoisotopic (exact) mass is 1420 g/mol. The van der Waals surface area contributed by atoms with E-state index < -0.39 is 0 Å². The highest BCUT2D eigenvalue weighted by atomic mass is 32.1. The minimum Gasteiger partial charge on any atom is -0.372 e. The maximum Gasteiger partial charge on any atom is 0.132 e. The Balaban J connectivity index is 0.000000198. The second-order valence-electron chi connectivity index (χ2n) is 26.3. The van der Waals surface area contributed by atoms with E-state index in [0.717, 1.165) is 127 Å². The molecule has 14 heteroatoms. The molecule has 0 aliphatic carbocycles. The van der Waals surface area contributed by atoms with Gasteiger partial charge in [-0.2, -0.15) is 17.5 Å². The van der Waals surface area contributed by atoms with Gasteiger partial charge in [-0.05, 0) is 158 Å². The number of rotatable bonds is 34. The Labute approximate surface area is 606 Å². The Morgan fingerprint density at radius 1 is 0.316 bits per heavy atom. The summed E-state index contributed by atoms with van der Waals surface area (Å²) in [5.74, 6) is 0.873. The third-order valence-electron chi connectivity index (χ3n) is 19.2. The highest BCUT2D eigenvalue weighted by Gasteiger charge is 2.22. The van der Waals surface area contributed by atoms with Crippen LogP contribution in [0, 0.1) is 23.5 Å². The number of halogens is 2. The van der Waals surface area contributed by atoms with E-state index in [2.05, 4.69) is 187 Å². The molecule has 0 radical (unpaired) electrons. The van der Waals surface area contributed by atoms with E-state index in [0.29, 0.717) is 23.0 Å². The first-order valence-electron chi connectivity index (χ1n) is 36.2. The van der Waals surface area contributed by atoms with Crippen molar-refractivity contribution in [2.24, 2.45) is 11.8 Å². The molecule has 6 aromatic heterocycles. The smallest absolute Gasteiger partial charge is 0.132 e. The first-order chi connectivity index (χ1) is 48.0. The minimum absolute atomic E-state index is 0.163. The first-order valence-corrected chi connectivity index (χ1v) is 41.0. The number of aromatic nitrogens is 4. The molecule has 0 N–H and O–H groups in total. The highest BCUT2D eigenvalue weighted by Crippen LogP contribution is 2.46. The fourth-order valence-electron chi connectivity index (χ4n) is 13.2. The minimum atomic E-state index is -0.163. The SMILES string of the molecule is CCCCC(CC)Cc1ccc(-c2ccc(-c3ccc(-c4ccc(-c5ccc(CC(CC)CCCC)cc5F)s4)c4nsnc34)s2)c(F)c1.CCCCN(CCCC)c1ccc(-c2ccc(-c3ccc(-c4ccc(-c5ccc(N(CCCC)CCCC)cc5)s4)c4nsnc34)s2)cc1. The van der Waals surface area contributed by atoms with Crippen molar-refractivity contribution in [1.29, 1.82) is 0 Å². The second kappa shape index (κ2) is 36.0. The number of hydrogen-bond donors (Lipinski definition) is 0. The molecule has 0 aliphatic heterocycles. The molecule has 512 valence electrons. The molecule has 6 nitrogen and oxygen atoms in total. The number of nitrogens with zero attached hydrogens (tertiary/aromatic N) is 6. The number of thiophene rings is 4. The molecule has 6 aromatic carbocycles. The Hall–Kier alpha value is -6.78. The molecule has 12 aromatic rings. The maximum absolute atomic E-state index is 15.4. The molecule has 12 rings (SSSR count). The fraction of sp³-hybridized carbons (Fsp3) is 0.381. The van der Waals surface area contributed by atoms with Crippen LogP contribution in [0.25, 0.3) is 106 Å². The molecule has 0 spiro atoms. The van der Waals surface area contributed by atoms with Crippen LogP contribution in [0.4, 0.5) is 20.2 Å². The van der Waals surface area contributed by atoms with Gasteiger partial charge in [0.15, 0.2) is 0 Å². The zero-order valence-corrected chi connectivity index (χ0v) is 63.5. The van der Waals surface area contributed by atoms with Crippen molar-refractivity contribution < 1.29 is 8.78 Å². The van der Waals surface area contributed by atoms with Gasteiger partial charge >= 0.3 is 0 Å². The average molecular weight is 1420 g/mol. The molecule has 6 heterocycles. The topological polar surface area (TPSA) is 58.0 Å². The number of hydrogen-bond acceptors (Lipinski definition) is 12. The van der Waals surface area contributed by atoms with Crippen LogP contribution in [0.1, 0.15) is 169 Å². The summed E-state index contributed by atoms with van der Waals surface area (Å²) in [6.07, 6.45) is 21.2. The first kappa shape index (κ1) is 72.5. The average Bonchev–Trinajstić information content (AvgIpc) is 1.59. The van der Waals surface area contributed by atoms with Gasteiger partial charge in [-0.25, -0.2) is 8.78 Å². The van der Waals surface area contributed by atoms with Crippen molar-refractivity contribution in [2.75, 3.05) is 36.0 Å². The Morgan fingerprint density at radius 2 is 0.592 bits per heavy atom. The van der Waals surface area contributed by atoms with E-state index in [-0.39, 0.29) is 11.6 Å². The molecule has 2 atom stereocenters. The van der Waals surface area contributed by atoms with E-state index in [4.69, 9.17) is 17.5 Å². The van der Waals surface area contributed by atoms with E-state index >= 15 is 8.78 Å². The quantitative estimate of drug-likeness (QED) is 0.0401. The summed E-state index contributed by atoms with van der Waals surface area (Å²) in [5, 5.41) is 0. The number of unbranched alkanes of at least 4 members (excludes halogenated alkanes) is 6. The summed E-state index contributed by atoms with van der Waals surface area (Å²) in [6, 6.07) is 55.7. The summed E-state index contributed by atoms with van der Waals surface area (Å²) in [5.41, 5.74) is 16.6. The lowest BCUT2D eigenvalue weighted by Gasteiger charge is -2.24. The third-order valence-corrected chi connectivity index (χ3v) is 24.9. The zero-order chi connectivity index (χ0) is 68.3. The summed E-state index contributed by atoms with van der Waals surface area (Å²) in [6.45, 7) is 22.5. The van der Waals surface area contributed by atoms with Crippen LogP contribution in [-0.2, 0) is 12.8 Å². The number of anilines is 2. The lowest BCUT2D eigenvalue weighted by molar-refractivity contribution is 0.448. The van der Waals surface area contributed by atoms with Crippen LogP contribution >= 0.6 is 68.8 Å². The molecule has 0 aliphatic rings. The lowest BCUT2D eigenvalue weighted by Crippen LogP contribution is -2.25. The van der Waals surface area contributed by atoms with Gasteiger partial charge in [0.25, 0.3) is 0 Å². The van der Waals surface area contributed by atoms with Crippen LogP contribution in [0.2, 0.25) is 0 Å². The van der Waals surface area contributed by atoms with Gasteiger partial charge in [-0.15, -0.1) is 45.3 Å². The van der Waals surface area contributed by atoms with Gasteiger partial charge in [-0.1, -0.05) is 205 Å².